The van der Waals surface area contributed by atoms with Crippen molar-refractivity contribution in [1.29, 1.82) is 0 Å². The molecule has 0 spiro atoms. The fraction of sp³-hybridized carbons (Fsp3) is 0.0667. The number of nitrogens with zero attached hydrogens (tertiary/aromatic N) is 3. The molecule has 0 saturated heterocycles. The molecule has 0 aliphatic rings. The van der Waals surface area contributed by atoms with Crippen molar-refractivity contribution in [3.8, 4) is 22.7 Å². The minimum absolute atomic E-state index is 0.305. The highest BCUT2D eigenvalue weighted by atomic mass is 19.1. The highest BCUT2D eigenvalue weighted by Gasteiger charge is 2.06. The summed E-state index contributed by atoms with van der Waals surface area (Å²) in [5, 5.41) is 8.12. The lowest BCUT2D eigenvalue weighted by Crippen LogP contribution is -1.94. The van der Waals surface area contributed by atoms with Crippen LogP contribution >= 0.6 is 0 Å². The van der Waals surface area contributed by atoms with E-state index in [4.69, 9.17) is 4.74 Å². The number of rotatable bonds is 3. The van der Waals surface area contributed by atoms with Crippen LogP contribution in [0.5, 0.6) is 5.75 Å². The number of aromatic nitrogens is 3. The molecular formula is C15H12FN3O. The Balaban J connectivity index is 1.97. The van der Waals surface area contributed by atoms with Crippen LogP contribution in [0, 0.1) is 5.82 Å². The normalized spacial score (nSPS) is 10.5. The van der Waals surface area contributed by atoms with E-state index < -0.39 is 0 Å². The molecule has 1 aromatic heterocycles. The molecule has 3 rings (SSSR count). The summed E-state index contributed by atoms with van der Waals surface area (Å²) in [6.07, 6.45) is 1.75. The van der Waals surface area contributed by atoms with E-state index in [0.29, 0.717) is 11.4 Å². The molecule has 0 aliphatic carbocycles. The van der Waals surface area contributed by atoms with Crippen molar-refractivity contribution in [2.75, 3.05) is 7.11 Å². The van der Waals surface area contributed by atoms with Gasteiger partial charge in [0.1, 0.15) is 17.3 Å². The number of ether oxygens (including phenoxy) is 1. The Kier molecular flexibility index (Phi) is 3.16. The van der Waals surface area contributed by atoms with E-state index in [-0.39, 0.29) is 5.82 Å². The molecule has 100 valence electrons. The number of hydrogen-bond donors (Lipinski definition) is 0. The average Bonchev–Trinajstić information content (AvgIpc) is 2.97. The Labute approximate surface area is 115 Å². The predicted octanol–water partition coefficient (Wildman–Crippen LogP) is 3.08. The number of methoxy groups -OCH3 is 1. The van der Waals surface area contributed by atoms with Gasteiger partial charge in [0.15, 0.2) is 0 Å². The fourth-order valence-corrected chi connectivity index (χ4v) is 1.92. The third kappa shape index (κ3) is 2.38. The summed E-state index contributed by atoms with van der Waals surface area (Å²) in [6.45, 7) is 0. The van der Waals surface area contributed by atoms with Crippen molar-refractivity contribution >= 4 is 0 Å². The largest absolute Gasteiger partial charge is 0.497 e. The molecule has 0 atom stereocenters. The molecular weight excluding hydrogens is 257 g/mol. The fourth-order valence-electron chi connectivity index (χ4n) is 1.92. The molecule has 0 amide bonds. The molecule has 0 N–H and O–H groups in total. The Morgan fingerprint density at radius 3 is 2.75 bits per heavy atom. The zero-order valence-corrected chi connectivity index (χ0v) is 10.8. The molecule has 0 fully saturated rings. The molecule has 0 saturated carbocycles. The summed E-state index contributed by atoms with van der Waals surface area (Å²) in [6, 6.07) is 13.7. The molecule has 4 nitrogen and oxygen atoms in total. The maximum absolute atomic E-state index is 13.2. The second-order valence-corrected chi connectivity index (χ2v) is 4.26. The lowest BCUT2D eigenvalue weighted by molar-refractivity contribution is 0.415. The van der Waals surface area contributed by atoms with Crippen LogP contribution in [0.4, 0.5) is 4.39 Å². The van der Waals surface area contributed by atoms with E-state index >= 15 is 0 Å². The lowest BCUT2D eigenvalue weighted by Gasteiger charge is -2.01. The van der Waals surface area contributed by atoms with Gasteiger partial charge in [-0.25, -0.2) is 9.07 Å². The third-order valence-electron chi connectivity index (χ3n) is 2.93. The van der Waals surface area contributed by atoms with Crippen LogP contribution in [0.1, 0.15) is 0 Å². The molecule has 0 bridgehead atoms. The van der Waals surface area contributed by atoms with Crippen molar-refractivity contribution in [1.82, 2.24) is 15.0 Å². The Morgan fingerprint density at radius 1 is 1.10 bits per heavy atom. The van der Waals surface area contributed by atoms with E-state index in [1.165, 1.54) is 16.8 Å². The summed E-state index contributed by atoms with van der Waals surface area (Å²) in [5.74, 6) is 0.448. The van der Waals surface area contributed by atoms with Gasteiger partial charge in [-0.2, -0.15) is 0 Å². The summed E-state index contributed by atoms with van der Waals surface area (Å²) in [7, 11) is 1.61. The molecule has 3 aromatic rings. The number of benzene rings is 2. The van der Waals surface area contributed by atoms with Gasteiger partial charge in [0.2, 0.25) is 0 Å². The first-order valence-corrected chi connectivity index (χ1v) is 6.09. The van der Waals surface area contributed by atoms with Gasteiger partial charge in [-0.3, -0.25) is 0 Å². The molecule has 20 heavy (non-hydrogen) atoms. The van der Waals surface area contributed by atoms with Crippen molar-refractivity contribution in [2.24, 2.45) is 0 Å². The van der Waals surface area contributed by atoms with Gasteiger partial charge in [0.25, 0.3) is 0 Å². The van der Waals surface area contributed by atoms with Gasteiger partial charge in [0, 0.05) is 5.56 Å². The zero-order chi connectivity index (χ0) is 13.9. The van der Waals surface area contributed by atoms with Crippen molar-refractivity contribution in [2.45, 2.75) is 0 Å². The van der Waals surface area contributed by atoms with Crippen molar-refractivity contribution in [3.63, 3.8) is 0 Å². The molecule has 0 aliphatic heterocycles. The minimum atomic E-state index is -0.305. The summed E-state index contributed by atoms with van der Waals surface area (Å²) in [5.41, 5.74) is 2.23. The van der Waals surface area contributed by atoms with Crippen LogP contribution in [0.2, 0.25) is 0 Å². The van der Waals surface area contributed by atoms with Crippen molar-refractivity contribution < 1.29 is 9.13 Å². The van der Waals surface area contributed by atoms with Gasteiger partial charge < -0.3 is 4.74 Å². The van der Waals surface area contributed by atoms with Crippen LogP contribution in [0.25, 0.3) is 16.9 Å². The third-order valence-corrected chi connectivity index (χ3v) is 2.93. The maximum atomic E-state index is 13.2. The SMILES string of the molecule is COc1cccc(-c2cn(-c3cccc(F)c3)nn2)c1. The monoisotopic (exact) mass is 269 g/mol. The molecule has 0 radical (unpaired) electrons. The number of hydrogen-bond acceptors (Lipinski definition) is 3. The quantitative estimate of drug-likeness (QED) is 0.733. The van der Waals surface area contributed by atoms with Gasteiger partial charge >= 0.3 is 0 Å². The summed E-state index contributed by atoms with van der Waals surface area (Å²) in [4.78, 5) is 0. The van der Waals surface area contributed by atoms with E-state index in [1.807, 2.05) is 24.3 Å². The van der Waals surface area contributed by atoms with E-state index in [2.05, 4.69) is 10.3 Å². The van der Waals surface area contributed by atoms with E-state index in [0.717, 1.165) is 11.3 Å². The topological polar surface area (TPSA) is 39.9 Å². The first-order valence-electron chi connectivity index (χ1n) is 6.09. The molecule has 5 heteroatoms. The first kappa shape index (κ1) is 12.3. The highest BCUT2D eigenvalue weighted by molar-refractivity contribution is 5.60. The van der Waals surface area contributed by atoms with Crippen LogP contribution in [0.3, 0.4) is 0 Å². The highest BCUT2D eigenvalue weighted by Crippen LogP contribution is 2.22. The maximum Gasteiger partial charge on any atom is 0.125 e. The second-order valence-electron chi connectivity index (χ2n) is 4.26. The smallest absolute Gasteiger partial charge is 0.125 e. The summed E-state index contributed by atoms with van der Waals surface area (Å²) >= 11 is 0. The Bertz CT molecular complexity index is 739. The minimum Gasteiger partial charge on any atom is -0.497 e. The second kappa shape index (κ2) is 5.13. The van der Waals surface area contributed by atoms with Crippen LogP contribution in [-0.2, 0) is 0 Å². The first-order chi connectivity index (χ1) is 9.76. The van der Waals surface area contributed by atoms with Crippen LogP contribution in [0.15, 0.2) is 54.7 Å². The predicted molar refractivity (Wildman–Crippen MR) is 73.3 cm³/mol. The van der Waals surface area contributed by atoms with Crippen LogP contribution in [-0.4, -0.2) is 22.1 Å². The summed E-state index contributed by atoms with van der Waals surface area (Å²) < 4.78 is 19.9. The molecule has 0 unspecified atom stereocenters. The average molecular weight is 269 g/mol. The van der Waals surface area contributed by atoms with Crippen molar-refractivity contribution in [3.05, 3.63) is 60.5 Å². The van der Waals surface area contributed by atoms with Gasteiger partial charge in [-0.15, -0.1) is 5.10 Å². The van der Waals surface area contributed by atoms with E-state index in [9.17, 15) is 4.39 Å². The van der Waals surface area contributed by atoms with Gasteiger partial charge in [0.05, 0.1) is 19.0 Å². The Hall–Kier alpha value is -2.69. The molecule has 2 aromatic carbocycles. The van der Waals surface area contributed by atoms with Gasteiger partial charge in [-0.05, 0) is 30.3 Å². The standard InChI is InChI=1S/C15H12FN3O/c1-20-14-7-2-4-11(8-14)15-10-19(18-17-15)13-6-3-5-12(16)9-13/h2-10H,1H3. The van der Waals surface area contributed by atoms with Gasteiger partial charge in [-0.1, -0.05) is 23.4 Å². The lowest BCUT2D eigenvalue weighted by atomic mass is 10.1. The Morgan fingerprint density at radius 2 is 1.95 bits per heavy atom. The zero-order valence-electron chi connectivity index (χ0n) is 10.8. The molecule has 1 heterocycles. The van der Waals surface area contributed by atoms with E-state index in [1.54, 1.807) is 25.4 Å². The number of halogens is 1. The van der Waals surface area contributed by atoms with Crippen LogP contribution < -0.4 is 4.74 Å².